The van der Waals surface area contributed by atoms with E-state index in [0.29, 0.717) is 11.4 Å². The van der Waals surface area contributed by atoms with Crippen molar-refractivity contribution >= 4 is 17.3 Å². The molecule has 0 aliphatic heterocycles. The van der Waals surface area contributed by atoms with Crippen LogP contribution in [-0.2, 0) is 11.3 Å². The molecule has 0 amide bonds. The highest BCUT2D eigenvalue weighted by Gasteiger charge is 2.09. The number of thiophene rings is 1. The van der Waals surface area contributed by atoms with Gasteiger partial charge >= 0.3 is 5.97 Å². The molecule has 1 N–H and O–H groups in total. The molecule has 0 atom stereocenters. The van der Waals surface area contributed by atoms with Crippen LogP contribution in [0.5, 0.6) is 0 Å². The first-order valence-corrected chi connectivity index (χ1v) is 4.52. The topological polar surface area (TPSA) is 49.8 Å². The Bertz CT molecular complexity index is 295. The highest BCUT2D eigenvalue weighted by Crippen LogP contribution is 2.18. The summed E-state index contributed by atoms with van der Waals surface area (Å²) in [4.78, 5) is 12.5. The number of hydroxylamine groups is 2. The van der Waals surface area contributed by atoms with Crippen LogP contribution in [0.3, 0.4) is 0 Å². The molecular formula is C8H11NO3S. The third kappa shape index (κ3) is 2.80. The second-order valence-corrected chi connectivity index (χ2v) is 3.74. The zero-order valence-corrected chi connectivity index (χ0v) is 8.30. The SMILES string of the molecule is COC(=O)c1ccc(CN(C)O)s1. The minimum absolute atomic E-state index is 0.336. The zero-order chi connectivity index (χ0) is 9.84. The molecule has 13 heavy (non-hydrogen) atoms. The van der Waals surface area contributed by atoms with Gasteiger partial charge in [-0.15, -0.1) is 11.3 Å². The smallest absolute Gasteiger partial charge is 0.348 e. The van der Waals surface area contributed by atoms with Gasteiger partial charge in [0.1, 0.15) is 4.88 Å². The van der Waals surface area contributed by atoms with Gasteiger partial charge in [-0.05, 0) is 12.1 Å². The minimum Gasteiger partial charge on any atom is -0.465 e. The van der Waals surface area contributed by atoms with Gasteiger partial charge in [0.05, 0.1) is 13.7 Å². The lowest BCUT2D eigenvalue weighted by molar-refractivity contribution is -0.0723. The normalized spacial score (nSPS) is 10.5. The summed E-state index contributed by atoms with van der Waals surface area (Å²) < 4.78 is 4.55. The molecule has 0 saturated heterocycles. The zero-order valence-electron chi connectivity index (χ0n) is 7.48. The van der Waals surface area contributed by atoms with Crippen LogP contribution in [0, 0.1) is 0 Å². The van der Waals surface area contributed by atoms with Crippen molar-refractivity contribution in [3.05, 3.63) is 21.9 Å². The lowest BCUT2D eigenvalue weighted by atomic mass is 10.4. The summed E-state index contributed by atoms with van der Waals surface area (Å²) in [5.74, 6) is -0.336. The van der Waals surface area contributed by atoms with E-state index in [-0.39, 0.29) is 5.97 Å². The van der Waals surface area contributed by atoms with E-state index < -0.39 is 0 Å². The molecule has 0 fully saturated rings. The maximum absolute atomic E-state index is 11.0. The molecule has 1 aromatic rings. The van der Waals surface area contributed by atoms with Crippen LogP contribution in [0.25, 0.3) is 0 Å². The molecule has 5 heteroatoms. The molecular weight excluding hydrogens is 190 g/mol. The Hall–Kier alpha value is -0.910. The van der Waals surface area contributed by atoms with Crippen molar-refractivity contribution in [1.82, 2.24) is 5.06 Å². The van der Waals surface area contributed by atoms with Crippen LogP contribution >= 0.6 is 11.3 Å². The average Bonchev–Trinajstić information content (AvgIpc) is 2.50. The van der Waals surface area contributed by atoms with Crippen LogP contribution < -0.4 is 0 Å². The summed E-state index contributed by atoms with van der Waals surface area (Å²) in [6.45, 7) is 0.418. The third-order valence-electron chi connectivity index (χ3n) is 1.43. The van der Waals surface area contributed by atoms with Gasteiger partial charge in [0.25, 0.3) is 0 Å². The summed E-state index contributed by atoms with van der Waals surface area (Å²) in [6.07, 6.45) is 0. The van der Waals surface area contributed by atoms with E-state index in [4.69, 9.17) is 5.21 Å². The number of methoxy groups -OCH3 is 1. The Labute approximate surface area is 80.3 Å². The van der Waals surface area contributed by atoms with Crippen molar-refractivity contribution in [2.24, 2.45) is 0 Å². The molecule has 0 aliphatic rings. The Kier molecular flexibility index (Phi) is 3.41. The number of ether oxygens (including phenoxy) is 1. The highest BCUT2D eigenvalue weighted by atomic mass is 32.1. The van der Waals surface area contributed by atoms with E-state index in [1.807, 2.05) is 0 Å². The molecule has 0 aliphatic carbocycles. The molecule has 0 saturated carbocycles. The van der Waals surface area contributed by atoms with E-state index in [9.17, 15) is 4.79 Å². The van der Waals surface area contributed by atoms with Crippen LogP contribution in [0.1, 0.15) is 14.5 Å². The highest BCUT2D eigenvalue weighted by molar-refractivity contribution is 7.13. The van der Waals surface area contributed by atoms with Gasteiger partial charge in [-0.1, -0.05) is 0 Å². The first-order chi connectivity index (χ1) is 6.13. The Morgan fingerprint density at radius 3 is 2.92 bits per heavy atom. The Morgan fingerprint density at radius 2 is 2.38 bits per heavy atom. The van der Waals surface area contributed by atoms with E-state index in [0.717, 1.165) is 9.94 Å². The maximum atomic E-state index is 11.0. The quantitative estimate of drug-likeness (QED) is 0.592. The van der Waals surface area contributed by atoms with Gasteiger partial charge in [0, 0.05) is 11.9 Å². The molecule has 0 bridgehead atoms. The molecule has 1 heterocycles. The van der Waals surface area contributed by atoms with Crippen LogP contribution in [0.15, 0.2) is 12.1 Å². The number of rotatable bonds is 3. The van der Waals surface area contributed by atoms with Crippen LogP contribution in [0.2, 0.25) is 0 Å². The number of nitrogens with zero attached hydrogens (tertiary/aromatic N) is 1. The molecule has 0 aromatic carbocycles. The minimum atomic E-state index is -0.336. The molecule has 0 spiro atoms. The number of hydrogen-bond donors (Lipinski definition) is 1. The molecule has 1 rings (SSSR count). The average molecular weight is 201 g/mol. The fraction of sp³-hybridized carbons (Fsp3) is 0.375. The van der Waals surface area contributed by atoms with Crippen LogP contribution in [-0.4, -0.2) is 30.4 Å². The second kappa shape index (κ2) is 4.36. The standard InChI is InChI=1S/C8H11NO3S/c1-9(11)5-6-3-4-7(13-6)8(10)12-2/h3-4,11H,5H2,1-2H3. The largest absolute Gasteiger partial charge is 0.465 e. The predicted octanol–water partition coefficient (Wildman–Crippen LogP) is 1.36. The van der Waals surface area contributed by atoms with Crippen molar-refractivity contribution in [2.75, 3.05) is 14.2 Å². The lowest BCUT2D eigenvalue weighted by Gasteiger charge is -2.03. The van der Waals surface area contributed by atoms with Gasteiger partial charge in [0.15, 0.2) is 0 Å². The van der Waals surface area contributed by atoms with Gasteiger partial charge in [-0.3, -0.25) is 0 Å². The summed E-state index contributed by atoms with van der Waals surface area (Å²) in [6, 6.07) is 3.49. The van der Waals surface area contributed by atoms with Crippen molar-refractivity contribution in [1.29, 1.82) is 0 Å². The predicted molar refractivity (Wildman–Crippen MR) is 48.9 cm³/mol. The van der Waals surface area contributed by atoms with Crippen molar-refractivity contribution in [2.45, 2.75) is 6.54 Å². The van der Waals surface area contributed by atoms with Crippen molar-refractivity contribution in [3.8, 4) is 0 Å². The summed E-state index contributed by atoms with van der Waals surface area (Å²) in [7, 11) is 2.90. The Morgan fingerprint density at radius 1 is 1.69 bits per heavy atom. The van der Waals surface area contributed by atoms with Crippen LogP contribution in [0.4, 0.5) is 0 Å². The van der Waals surface area contributed by atoms with Gasteiger partial charge in [-0.25, -0.2) is 4.79 Å². The first-order valence-electron chi connectivity index (χ1n) is 3.70. The number of carbonyl (C=O) groups is 1. The molecule has 1 aromatic heterocycles. The molecule has 72 valence electrons. The van der Waals surface area contributed by atoms with E-state index in [1.165, 1.54) is 18.4 Å². The first kappa shape index (κ1) is 10.2. The summed E-state index contributed by atoms with van der Waals surface area (Å²) in [5.41, 5.74) is 0. The van der Waals surface area contributed by atoms with Crippen molar-refractivity contribution < 1.29 is 14.7 Å². The fourth-order valence-electron chi connectivity index (χ4n) is 0.899. The van der Waals surface area contributed by atoms with E-state index >= 15 is 0 Å². The monoisotopic (exact) mass is 201 g/mol. The van der Waals surface area contributed by atoms with Crippen molar-refractivity contribution in [3.63, 3.8) is 0 Å². The molecule has 0 unspecified atom stereocenters. The van der Waals surface area contributed by atoms with E-state index in [1.54, 1.807) is 19.2 Å². The number of esters is 1. The number of hydrogen-bond acceptors (Lipinski definition) is 5. The van der Waals surface area contributed by atoms with Gasteiger partial charge in [0.2, 0.25) is 0 Å². The third-order valence-corrected chi connectivity index (χ3v) is 2.48. The second-order valence-electron chi connectivity index (χ2n) is 2.57. The summed E-state index contributed by atoms with van der Waals surface area (Å²) >= 11 is 1.32. The lowest BCUT2D eigenvalue weighted by Crippen LogP contribution is -2.10. The number of carbonyl (C=O) groups excluding carboxylic acids is 1. The Balaban J connectivity index is 2.69. The van der Waals surface area contributed by atoms with E-state index in [2.05, 4.69) is 4.74 Å². The van der Waals surface area contributed by atoms with Gasteiger partial charge < -0.3 is 9.94 Å². The van der Waals surface area contributed by atoms with Gasteiger partial charge in [-0.2, -0.15) is 5.06 Å². The summed E-state index contributed by atoms with van der Waals surface area (Å²) in [5, 5.41) is 10.00. The fourth-order valence-corrected chi connectivity index (χ4v) is 1.87. The molecule has 4 nitrogen and oxygen atoms in total. The maximum Gasteiger partial charge on any atom is 0.348 e. The molecule has 0 radical (unpaired) electrons.